The molecule has 1 N–H and O–H groups in total. The highest BCUT2D eigenvalue weighted by molar-refractivity contribution is 6.02. The largest absolute Gasteiger partial charge is 0.465 e. The van der Waals surface area contributed by atoms with Crippen molar-refractivity contribution in [1.29, 1.82) is 0 Å². The summed E-state index contributed by atoms with van der Waals surface area (Å²) < 4.78 is 4.77. The Morgan fingerprint density at radius 2 is 2.00 bits per heavy atom. The number of hydrogen-bond donors (Lipinski definition) is 1. The molecule has 1 fully saturated rings. The lowest BCUT2D eigenvalue weighted by molar-refractivity contribution is -0.120. The molecule has 2 aromatic rings. The number of anilines is 2. The van der Waals surface area contributed by atoms with E-state index in [0.717, 1.165) is 30.9 Å². The number of ether oxygens (including phenoxy) is 1. The molecule has 0 radical (unpaired) electrons. The maximum absolute atomic E-state index is 12.7. The second kappa shape index (κ2) is 7.95. The Hall–Kier alpha value is -2.96. The summed E-state index contributed by atoms with van der Waals surface area (Å²) in [7, 11) is 1.32. The average molecular weight is 354 g/mol. The Bertz CT molecular complexity index is 792. The van der Waals surface area contributed by atoms with Gasteiger partial charge in [-0.05, 0) is 44.0 Å². The first-order valence-corrected chi connectivity index (χ1v) is 8.62. The molecule has 0 aliphatic carbocycles. The van der Waals surface area contributed by atoms with Crippen molar-refractivity contribution in [2.45, 2.75) is 19.8 Å². The lowest BCUT2D eigenvalue weighted by Gasteiger charge is -2.32. The van der Waals surface area contributed by atoms with Crippen molar-refractivity contribution in [1.82, 2.24) is 10.2 Å². The second-order valence-corrected chi connectivity index (χ2v) is 6.34. The number of para-hydroxylation sites is 1. The molecule has 0 spiro atoms. The van der Waals surface area contributed by atoms with Crippen molar-refractivity contribution in [3.63, 3.8) is 0 Å². The number of carbonyl (C=O) groups is 2. The summed E-state index contributed by atoms with van der Waals surface area (Å²) in [6.07, 6.45) is 1.69. The molecule has 1 aromatic heterocycles. The molecule has 26 heavy (non-hydrogen) atoms. The molecule has 3 rings (SSSR count). The zero-order valence-electron chi connectivity index (χ0n) is 14.9. The first-order chi connectivity index (χ1) is 12.6. The fourth-order valence-corrected chi connectivity index (χ4v) is 3.07. The van der Waals surface area contributed by atoms with Crippen molar-refractivity contribution in [2.24, 2.45) is 5.92 Å². The van der Waals surface area contributed by atoms with E-state index >= 15 is 0 Å². The topological polar surface area (TPSA) is 84.4 Å². The van der Waals surface area contributed by atoms with Gasteiger partial charge in [0.2, 0.25) is 5.91 Å². The van der Waals surface area contributed by atoms with E-state index in [-0.39, 0.29) is 11.8 Å². The van der Waals surface area contributed by atoms with Gasteiger partial charge in [0.1, 0.15) is 0 Å². The number of carbonyl (C=O) groups excluding carboxylic acids is 2. The summed E-state index contributed by atoms with van der Waals surface area (Å²) in [4.78, 5) is 26.7. The minimum atomic E-state index is -0.471. The molecule has 1 saturated heterocycles. The van der Waals surface area contributed by atoms with Crippen LogP contribution in [-0.4, -0.2) is 42.3 Å². The van der Waals surface area contributed by atoms with E-state index in [1.807, 2.05) is 19.1 Å². The van der Waals surface area contributed by atoms with Gasteiger partial charge in [0.25, 0.3) is 0 Å². The van der Waals surface area contributed by atoms with Gasteiger partial charge in [-0.25, -0.2) is 4.79 Å². The molecule has 1 aliphatic heterocycles. The van der Waals surface area contributed by atoms with Crippen molar-refractivity contribution in [3.05, 3.63) is 47.7 Å². The molecule has 7 heteroatoms. The number of aromatic nitrogens is 2. The second-order valence-electron chi connectivity index (χ2n) is 6.34. The Morgan fingerprint density at radius 1 is 1.19 bits per heavy atom. The van der Waals surface area contributed by atoms with Gasteiger partial charge in [-0.15, -0.1) is 5.10 Å². The van der Waals surface area contributed by atoms with Crippen molar-refractivity contribution >= 4 is 23.4 Å². The zero-order chi connectivity index (χ0) is 18.5. The van der Waals surface area contributed by atoms with E-state index in [9.17, 15) is 9.59 Å². The van der Waals surface area contributed by atoms with Gasteiger partial charge >= 0.3 is 5.97 Å². The van der Waals surface area contributed by atoms with Gasteiger partial charge in [0.15, 0.2) is 5.82 Å². The van der Waals surface area contributed by atoms with E-state index in [4.69, 9.17) is 4.74 Å². The lowest BCUT2D eigenvalue weighted by Crippen LogP contribution is -2.41. The number of nitrogens with zero attached hydrogens (tertiary/aromatic N) is 3. The molecule has 1 aliphatic rings. The molecule has 136 valence electrons. The minimum absolute atomic E-state index is 0.105. The summed E-state index contributed by atoms with van der Waals surface area (Å²) in [5, 5.41) is 11.2. The summed E-state index contributed by atoms with van der Waals surface area (Å²) in [5.74, 6) is 0.0211. The van der Waals surface area contributed by atoms with E-state index < -0.39 is 5.97 Å². The van der Waals surface area contributed by atoms with Gasteiger partial charge < -0.3 is 15.0 Å². The van der Waals surface area contributed by atoms with Crippen LogP contribution in [0.15, 0.2) is 36.4 Å². The Labute approximate surface area is 152 Å². The van der Waals surface area contributed by atoms with E-state index in [2.05, 4.69) is 20.4 Å². The number of piperidine rings is 1. The number of hydrogen-bond acceptors (Lipinski definition) is 6. The quantitative estimate of drug-likeness (QED) is 0.849. The molecule has 1 atom stereocenters. The van der Waals surface area contributed by atoms with Gasteiger partial charge in [-0.1, -0.05) is 12.1 Å². The Morgan fingerprint density at radius 3 is 2.73 bits per heavy atom. The molecule has 1 amide bonds. The highest BCUT2D eigenvalue weighted by Gasteiger charge is 2.27. The van der Waals surface area contributed by atoms with Crippen molar-refractivity contribution < 1.29 is 14.3 Å². The minimum Gasteiger partial charge on any atom is -0.465 e. The molecular formula is C19H22N4O3. The van der Waals surface area contributed by atoms with Crippen molar-refractivity contribution in [2.75, 3.05) is 30.4 Å². The van der Waals surface area contributed by atoms with Crippen LogP contribution in [0.25, 0.3) is 0 Å². The molecule has 7 nitrogen and oxygen atoms in total. The number of esters is 1. The number of nitrogens with one attached hydrogen (secondary N) is 1. The van der Waals surface area contributed by atoms with E-state index in [0.29, 0.717) is 17.8 Å². The summed E-state index contributed by atoms with van der Waals surface area (Å²) >= 11 is 0. The van der Waals surface area contributed by atoms with Crippen LogP contribution in [0.5, 0.6) is 0 Å². The predicted octanol–water partition coefficient (Wildman–Crippen LogP) is 2.43. The number of amides is 1. The SMILES string of the molecule is COC(=O)c1ccccc1NC(=O)C1CCCN(c2ccc(C)nn2)C1. The van der Waals surface area contributed by atoms with Crippen LogP contribution in [0.4, 0.5) is 11.5 Å². The average Bonchev–Trinajstić information content (AvgIpc) is 2.68. The smallest absolute Gasteiger partial charge is 0.339 e. The number of aryl methyl sites for hydroxylation is 1. The third-order valence-electron chi connectivity index (χ3n) is 4.49. The number of rotatable bonds is 4. The first-order valence-electron chi connectivity index (χ1n) is 8.62. The molecule has 1 unspecified atom stereocenters. The molecule has 0 saturated carbocycles. The standard InChI is InChI=1S/C19H22N4O3/c1-13-9-10-17(22-21-13)23-11-5-6-14(12-23)18(24)20-16-8-4-3-7-15(16)19(25)26-2/h3-4,7-10,14H,5-6,11-12H2,1-2H3,(H,20,24). The fourth-order valence-electron chi connectivity index (χ4n) is 3.07. The Kier molecular flexibility index (Phi) is 5.46. The fraction of sp³-hybridized carbons (Fsp3) is 0.368. The van der Waals surface area contributed by atoms with Crippen LogP contribution in [0.2, 0.25) is 0 Å². The van der Waals surface area contributed by atoms with Crippen LogP contribution in [0, 0.1) is 12.8 Å². The zero-order valence-corrected chi connectivity index (χ0v) is 14.9. The maximum Gasteiger partial charge on any atom is 0.339 e. The van der Waals surface area contributed by atoms with Crippen LogP contribution in [-0.2, 0) is 9.53 Å². The van der Waals surface area contributed by atoms with Crippen LogP contribution in [0.1, 0.15) is 28.9 Å². The van der Waals surface area contributed by atoms with Crippen LogP contribution in [0.3, 0.4) is 0 Å². The summed E-state index contributed by atoms with van der Waals surface area (Å²) in [6, 6.07) is 10.7. The number of methoxy groups -OCH3 is 1. The molecule has 2 heterocycles. The first kappa shape index (κ1) is 17.8. The van der Waals surface area contributed by atoms with E-state index in [1.54, 1.807) is 24.3 Å². The summed E-state index contributed by atoms with van der Waals surface area (Å²) in [6.45, 7) is 3.31. The maximum atomic E-state index is 12.7. The third-order valence-corrected chi connectivity index (χ3v) is 4.49. The van der Waals surface area contributed by atoms with Crippen LogP contribution < -0.4 is 10.2 Å². The normalized spacial score (nSPS) is 16.8. The Balaban J connectivity index is 1.70. The molecule has 0 bridgehead atoms. The third kappa shape index (κ3) is 3.99. The molecular weight excluding hydrogens is 332 g/mol. The van der Waals surface area contributed by atoms with Crippen molar-refractivity contribution in [3.8, 4) is 0 Å². The number of benzene rings is 1. The van der Waals surface area contributed by atoms with Gasteiger partial charge in [0, 0.05) is 13.1 Å². The highest BCUT2D eigenvalue weighted by Crippen LogP contribution is 2.24. The summed E-state index contributed by atoms with van der Waals surface area (Å²) in [5.41, 5.74) is 1.68. The van der Waals surface area contributed by atoms with Gasteiger partial charge in [-0.3, -0.25) is 4.79 Å². The highest BCUT2D eigenvalue weighted by atomic mass is 16.5. The van der Waals surface area contributed by atoms with Crippen LogP contribution >= 0.6 is 0 Å². The predicted molar refractivity (Wildman–Crippen MR) is 98.1 cm³/mol. The van der Waals surface area contributed by atoms with Gasteiger partial charge in [-0.2, -0.15) is 5.10 Å². The lowest BCUT2D eigenvalue weighted by atomic mass is 9.96. The molecule has 1 aromatic carbocycles. The van der Waals surface area contributed by atoms with Gasteiger partial charge in [0.05, 0.1) is 30.0 Å². The monoisotopic (exact) mass is 354 g/mol. The van der Waals surface area contributed by atoms with E-state index in [1.165, 1.54) is 7.11 Å².